The Balaban J connectivity index is 3.17. The lowest BCUT2D eigenvalue weighted by Gasteiger charge is -2.15. The molecule has 6 heteroatoms. The first kappa shape index (κ1) is 14.9. The lowest BCUT2D eigenvalue weighted by Crippen LogP contribution is -2.35. The zero-order valence-electron chi connectivity index (χ0n) is 10.5. The van der Waals surface area contributed by atoms with E-state index in [1.54, 1.807) is 12.1 Å². The molecule has 1 rings (SSSR count). The molecule has 0 aromatic heterocycles. The summed E-state index contributed by atoms with van der Waals surface area (Å²) >= 11 is 3.33. The van der Waals surface area contributed by atoms with E-state index in [0.29, 0.717) is 21.5 Å². The van der Waals surface area contributed by atoms with Crippen molar-refractivity contribution in [3.63, 3.8) is 0 Å². The number of hydrogen-bond donors (Lipinski definition) is 1. The van der Waals surface area contributed by atoms with Crippen LogP contribution in [0.3, 0.4) is 0 Å². The van der Waals surface area contributed by atoms with E-state index in [4.69, 9.17) is 19.9 Å². The first-order valence-corrected chi connectivity index (χ1v) is 6.05. The molecule has 0 spiro atoms. The van der Waals surface area contributed by atoms with Gasteiger partial charge in [0.05, 0.1) is 32.4 Å². The number of hydrogen-bond acceptors (Lipinski definition) is 5. The third kappa shape index (κ3) is 3.01. The third-order valence-corrected chi connectivity index (χ3v) is 3.19. The maximum absolute atomic E-state index is 12.1. The van der Waals surface area contributed by atoms with Gasteiger partial charge in [-0.25, -0.2) is 0 Å². The predicted octanol–water partition coefficient (Wildman–Crippen LogP) is 1.62. The number of nitrogens with two attached hydrogens (primary N) is 1. The highest BCUT2D eigenvalue weighted by Gasteiger charge is 2.22. The van der Waals surface area contributed by atoms with Crippen LogP contribution in [0.15, 0.2) is 16.6 Å². The van der Waals surface area contributed by atoms with E-state index in [-0.39, 0.29) is 12.4 Å². The largest absolute Gasteiger partial charge is 0.495 e. The number of halogens is 1. The lowest BCUT2D eigenvalue weighted by molar-refractivity contribution is 0.0889. The van der Waals surface area contributed by atoms with Crippen LogP contribution in [0.5, 0.6) is 11.5 Å². The smallest absolute Gasteiger partial charge is 0.185 e. The Hall–Kier alpha value is -1.11. The summed E-state index contributed by atoms with van der Waals surface area (Å²) in [5.74, 6) is 0.756. The van der Waals surface area contributed by atoms with Crippen molar-refractivity contribution in [3.8, 4) is 11.5 Å². The molecule has 1 atom stereocenters. The van der Waals surface area contributed by atoms with E-state index >= 15 is 0 Å². The molecule has 0 fully saturated rings. The van der Waals surface area contributed by atoms with E-state index < -0.39 is 6.04 Å². The molecule has 0 heterocycles. The SMILES string of the molecule is COCC(N)C(=O)c1ccc(OC)c(Br)c1OC. The van der Waals surface area contributed by atoms with Crippen molar-refractivity contribution in [2.24, 2.45) is 5.73 Å². The summed E-state index contributed by atoms with van der Waals surface area (Å²) in [6.45, 7) is 0.158. The molecule has 0 aliphatic carbocycles. The third-order valence-electron chi connectivity index (χ3n) is 2.43. The van der Waals surface area contributed by atoms with E-state index in [2.05, 4.69) is 15.9 Å². The van der Waals surface area contributed by atoms with Gasteiger partial charge in [0.2, 0.25) is 0 Å². The zero-order valence-corrected chi connectivity index (χ0v) is 12.1. The highest BCUT2D eigenvalue weighted by molar-refractivity contribution is 9.10. The highest BCUT2D eigenvalue weighted by atomic mass is 79.9. The van der Waals surface area contributed by atoms with Gasteiger partial charge in [-0.1, -0.05) is 0 Å². The van der Waals surface area contributed by atoms with E-state index in [1.165, 1.54) is 21.3 Å². The van der Waals surface area contributed by atoms with Gasteiger partial charge in [0.25, 0.3) is 0 Å². The number of carbonyl (C=O) groups excluding carboxylic acids is 1. The van der Waals surface area contributed by atoms with E-state index in [9.17, 15) is 4.79 Å². The summed E-state index contributed by atoms with van der Waals surface area (Å²) in [5, 5.41) is 0. The Morgan fingerprint density at radius 2 is 2.00 bits per heavy atom. The molecule has 1 aromatic rings. The second kappa shape index (κ2) is 6.72. The van der Waals surface area contributed by atoms with Gasteiger partial charge in [-0.3, -0.25) is 4.79 Å². The van der Waals surface area contributed by atoms with Crippen molar-refractivity contribution in [2.45, 2.75) is 6.04 Å². The van der Waals surface area contributed by atoms with Crippen molar-refractivity contribution in [1.29, 1.82) is 0 Å². The topological polar surface area (TPSA) is 70.8 Å². The Morgan fingerprint density at radius 3 is 2.50 bits per heavy atom. The first-order valence-electron chi connectivity index (χ1n) is 5.26. The van der Waals surface area contributed by atoms with Gasteiger partial charge in [-0.05, 0) is 28.1 Å². The fraction of sp³-hybridized carbons (Fsp3) is 0.417. The lowest BCUT2D eigenvalue weighted by atomic mass is 10.0. The molecular weight excluding hydrogens is 302 g/mol. The number of ether oxygens (including phenoxy) is 3. The van der Waals surface area contributed by atoms with Crippen LogP contribution in [0.25, 0.3) is 0 Å². The minimum atomic E-state index is -0.718. The Labute approximate surface area is 114 Å². The normalized spacial score (nSPS) is 12.1. The second-order valence-corrected chi connectivity index (χ2v) is 4.38. The van der Waals surface area contributed by atoms with Gasteiger partial charge in [0.15, 0.2) is 5.78 Å². The first-order chi connectivity index (χ1) is 8.56. The molecule has 5 nitrogen and oxygen atoms in total. The van der Waals surface area contributed by atoms with Gasteiger partial charge in [-0.2, -0.15) is 0 Å². The van der Waals surface area contributed by atoms with Gasteiger partial charge < -0.3 is 19.9 Å². The van der Waals surface area contributed by atoms with Crippen LogP contribution in [0.1, 0.15) is 10.4 Å². The summed E-state index contributed by atoms with van der Waals surface area (Å²) in [7, 11) is 4.52. The van der Waals surface area contributed by atoms with Crippen LogP contribution in [-0.4, -0.2) is 39.8 Å². The van der Waals surface area contributed by atoms with Crippen molar-refractivity contribution >= 4 is 21.7 Å². The maximum Gasteiger partial charge on any atom is 0.185 e. The number of rotatable bonds is 6. The van der Waals surface area contributed by atoms with Crippen LogP contribution in [-0.2, 0) is 4.74 Å². The Bertz CT molecular complexity index is 436. The molecule has 0 saturated carbocycles. The van der Waals surface area contributed by atoms with Crippen molar-refractivity contribution < 1.29 is 19.0 Å². The number of carbonyl (C=O) groups is 1. The summed E-state index contributed by atoms with van der Waals surface area (Å²) in [6.07, 6.45) is 0. The molecule has 0 aliphatic rings. The van der Waals surface area contributed by atoms with Crippen LogP contribution in [0.2, 0.25) is 0 Å². The fourth-order valence-electron chi connectivity index (χ4n) is 1.54. The average molecular weight is 318 g/mol. The molecule has 2 N–H and O–H groups in total. The van der Waals surface area contributed by atoms with Gasteiger partial charge in [-0.15, -0.1) is 0 Å². The summed E-state index contributed by atoms with van der Waals surface area (Å²) in [5.41, 5.74) is 6.13. The molecule has 18 heavy (non-hydrogen) atoms. The molecule has 0 radical (unpaired) electrons. The summed E-state index contributed by atoms with van der Waals surface area (Å²) in [6, 6.07) is 2.59. The molecule has 0 saturated heterocycles. The Kier molecular flexibility index (Phi) is 5.58. The highest BCUT2D eigenvalue weighted by Crippen LogP contribution is 2.37. The molecule has 100 valence electrons. The Morgan fingerprint density at radius 1 is 1.33 bits per heavy atom. The van der Waals surface area contributed by atoms with Gasteiger partial charge in [0.1, 0.15) is 16.0 Å². The van der Waals surface area contributed by atoms with Crippen molar-refractivity contribution in [1.82, 2.24) is 0 Å². The van der Waals surface area contributed by atoms with Crippen molar-refractivity contribution in [2.75, 3.05) is 27.9 Å². The van der Waals surface area contributed by atoms with Gasteiger partial charge >= 0.3 is 0 Å². The van der Waals surface area contributed by atoms with Crippen LogP contribution in [0.4, 0.5) is 0 Å². The van der Waals surface area contributed by atoms with Crippen LogP contribution >= 0.6 is 15.9 Å². The fourth-order valence-corrected chi connectivity index (χ4v) is 2.21. The standard InChI is InChI=1S/C12H16BrNO4/c1-16-6-8(14)11(15)7-4-5-9(17-2)10(13)12(7)18-3/h4-5,8H,6,14H2,1-3H3. The number of Topliss-reactive ketones (excluding diaryl/α,β-unsaturated/α-hetero) is 1. The van der Waals surface area contributed by atoms with E-state index in [0.717, 1.165) is 0 Å². The molecule has 1 unspecified atom stereocenters. The minimum absolute atomic E-state index is 0.158. The average Bonchev–Trinajstić information content (AvgIpc) is 2.37. The molecule has 0 aliphatic heterocycles. The predicted molar refractivity (Wildman–Crippen MR) is 71.4 cm³/mol. The monoisotopic (exact) mass is 317 g/mol. The van der Waals surface area contributed by atoms with Crippen molar-refractivity contribution in [3.05, 3.63) is 22.2 Å². The minimum Gasteiger partial charge on any atom is -0.495 e. The van der Waals surface area contributed by atoms with Gasteiger partial charge in [0, 0.05) is 7.11 Å². The van der Waals surface area contributed by atoms with E-state index in [1.807, 2.05) is 0 Å². The molecular formula is C12H16BrNO4. The maximum atomic E-state index is 12.1. The molecule has 0 bridgehead atoms. The summed E-state index contributed by atoms with van der Waals surface area (Å²) < 4.78 is 15.8. The molecule has 1 aromatic carbocycles. The number of ketones is 1. The quantitative estimate of drug-likeness (QED) is 0.807. The van der Waals surface area contributed by atoms with Crippen LogP contribution < -0.4 is 15.2 Å². The second-order valence-electron chi connectivity index (χ2n) is 3.59. The van der Waals surface area contributed by atoms with Crippen LogP contribution in [0, 0.1) is 0 Å². The molecule has 0 amide bonds. The summed E-state index contributed by atoms with van der Waals surface area (Å²) in [4.78, 5) is 12.1. The zero-order chi connectivity index (χ0) is 13.7. The number of methoxy groups -OCH3 is 3. The number of benzene rings is 1.